The van der Waals surface area contributed by atoms with Crippen molar-refractivity contribution < 1.29 is 93.9 Å². The fourth-order valence-electron chi connectivity index (χ4n) is 0. The van der Waals surface area contributed by atoms with E-state index < -0.39 is 0 Å². The van der Waals surface area contributed by atoms with E-state index in [1.54, 1.807) is 0 Å². The SMILES string of the molecule is O.P.[Co].[Fe].[Mn].[Ni].[W]. The average Bonchev–Trinajstić information content (AvgIpc) is 0. The third kappa shape index (κ3) is 47.5. The largest absolute Gasteiger partial charge is 0.412 e. The Balaban J connectivity index is 0. The van der Waals surface area contributed by atoms with E-state index in [1.807, 2.05) is 0 Å². The zero-order valence-corrected chi connectivity index (χ0v) is 11.7. The summed E-state index contributed by atoms with van der Waals surface area (Å²) in [5.74, 6) is 0. The van der Waals surface area contributed by atoms with E-state index in [-0.39, 0.29) is 104 Å². The topological polar surface area (TPSA) is 31.5 Å². The Hall–Kier alpha value is 3.12. The third-order valence-electron chi connectivity index (χ3n) is 0. The predicted molar refractivity (Wildman–Crippen MR) is 14.7 cm³/mol. The molecule has 0 aliphatic rings. The monoisotopic (exact) mass is 464 g/mol. The first kappa shape index (κ1) is 86.5. The first-order chi connectivity index (χ1) is 0. The minimum absolute atomic E-state index is 0. The first-order valence-electron chi connectivity index (χ1n) is 0. The quantitative estimate of drug-likeness (QED) is 0.333. The Morgan fingerprint density at radius 1 is 1.00 bits per heavy atom. The Morgan fingerprint density at radius 3 is 1.00 bits per heavy atom. The van der Waals surface area contributed by atoms with Gasteiger partial charge in [-0.1, -0.05) is 0 Å². The molecule has 0 fully saturated rings. The summed E-state index contributed by atoms with van der Waals surface area (Å²) in [6.45, 7) is 0. The molecule has 1 nitrogen and oxygen atoms in total. The minimum Gasteiger partial charge on any atom is -0.412 e. The zero-order valence-electron chi connectivity index (χ0n) is 3.00. The molecule has 0 spiro atoms. The second-order valence-corrected chi connectivity index (χ2v) is 0. The van der Waals surface area contributed by atoms with E-state index in [1.165, 1.54) is 0 Å². The van der Waals surface area contributed by atoms with Gasteiger partial charge in [-0.05, 0) is 0 Å². The van der Waals surface area contributed by atoms with Crippen molar-refractivity contribution in [1.29, 1.82) is 0 Å². The van der Waals surface area contributed by atoms with Crippen molar-refractivity contribution in [3.8, 4) is 0 Å². The maximum absolute atomic E-state index is 0. The summed E-state index contributed by atoms with van der Waals surface area (Å²) in [6.07, 6.45) is 0. The summed E-state index contributed by atoms with van der Waals surface area (Å²) in [4.78, 5) is 0. The summed E-state index contributed by atoms with van der Waals surface area (Å²) in [5.41, 5.74) is 0. The first-order valence-corrected chi connectivity index (χ1v) is 0. The van der Waals surface area contributed by atoms with Gasteiger partial charge in [0.2, 0.25) is 0 Å². The molecule has 0 rings (SSSR count). The fraction of sp³-hybridized carbons (Fsp3) is 0. The standard InChI is InChI=1S/Co.Fe.Mn.Ni.H2O.H3P.W/h;;;;1H2;1H3;. The van der Waals surface area contributed by atoms with Crippen LogP contribution in [0.3, 0.4) is 0 Å². The molecule has 0 aromatic rings. The molecule has 7 heavy (non-hydrogen) atoms. The molecule has 0 aliphatic carbocycles. The van der Waals surface area contributed by atoms with Crippen LogP contribution in [0.15, 0.2) is 0 Å². The Kier molecular flexibility index (Phi) is 764. The summed E-state index contributed by atoms with van der Waals surface area (Å²) in [6, 6.07) is 0. The van der Waals surface area contributed by atoms with Crippen LogP contribution in [0, 0.1) is 0 Å². The number of rotatable bonds is 0. The zero-order chi connectivity index (χ0) is 0. The van der Waals surface area contributed by atoms with E-state index in [4.69, 9.17) is 0 Å². The molecule has 0 heterocycles. The molecule has 1 unspecified atom stereocenters. The second kappa shape index (κ2) is 61.8. The van der Waals surface area contributed by atoms with Crippen molar-refractivity contribution >= 4 is 9.90 Å². The molecule has 0 saturated heterocycles. The molecule has 2 radical (unpaired) electrons. The van der Waals surface area contributed by atoms with Crippen LogP contribution in [0.2, 0.25) is 0 Å². The van der Waals surface area contributed by atoms with Gasteiger partial charge in [0.05, 0.1) is 0 Å². The van der Waals surface area contributed by atoms with Gasteiger partial charge < -0.3 is 5.48 Å². The summed E-state index contributed by atoms with van der Waals surface area (Å²) in [7, 11) is 0. The van der Waals surface area contributed by atoms with Crippen molar-refractivity contribution in [3.63, 3.8) is 0 Å². The van der Waals surface area contributed by atoms with Crippen LogP contribution in [-0.2, 0) is 88.5 Å². The molecule has 0 saturated carbocycles. The molecule has 0 amide bonds. The summed E-state index contributed by atoms with van der Waals surface area (Å²) >= 11 is 0. The van der Waals surface area contributed by atoms with E-state index in [9.17, 15) is 0 Å². The number of hydrogen-bond acceptors (Lipinski definition) is 0. The van der Waals surface area contributed by atoms with Gasteiger partial charge in [-0.2, -0.15) is 9.90 Å². The summed E-state index contributed by atoms with van der Waals surface area (Å²) in [5, 5.41) is 0. The maximum Gasteiger partial charge on any atom is 0 e. The van der Waals surface area contributed by atoms with Gasteiger partial charge in [0.25, 0.3) is 0 Å². The Labute approximate surface area is 103 Å². The minimum atomic E-state index is 0. The van der Waals surface area contributed by atoms with Crippen LogP contribution in [0.25, 0.3) is 0 Å². The van der Waals surface area contributed by atoms with Gasteiger partial charge in [-0.3, -0.25) is 0 Å². The van der Waals surface area contributed by atoms with Gasteiger partial charge in [0.1, 0.15) is 0 Å². The predicted octanol–water partition coefficient (Wildman–Crippen LogP) is -0.779. The molecule has 0 aliphatic heterocycles. The van der Waals surface area contributed by atoms with E-state index >= 15 is 0 Å². The second-order valence-electron chi connectivity index (χ2n) is 0. The van der Waals surface area contributed by atoms with Crippen LogP contribution in [0.1, 0.15) is 0 Å². The van der Waals surface area contributed by atoms with Crippen molar-refractivity contribution in [2.75, 3.05) is 0 Å². The maximum atomic E-state index is 0. The molecular weight excluding hydrogens is 459 g/mol. The molecule has 1 atom stereocenters. The van der Waals surface area contributed by atoms with Gasteiger partial charge >= 0.3 is 0 Å². The van der Waals surface area contributed by atoms with E-state index in [2.05, 4.69) is 0 Å². The van der Waals surface area contributed by atoms with Crippen molar-refractivity contribution in [1.82, 2.24) is 0 Å². The van der Waals surface area contributed by atoms with Crippen LogP contribution in [-0.4, -0.2) is 5.48 Å². The Morgan fingerprint density at radius 2 is 1.00 bits per heavy atom. The molecule has 56 valence electrons. The van der Waals surface area contributed by atoms with Crippen molar-refractivity contribution in [2.45, 2.75) is 0 Å². The van der Waals surface area contributed by atoms with Crippen LogP contribution >= 0.6 is 9.90 Å². The van der Waals surface area contributed by atoms with Gasteiger partial charge in [-0.15, -0.1) is 0 Å². The van der Waals surface area contributed by atoms with Gasteiger partial charge in [-0.25, -0.2) is 0 Å². The van der Waals surface area contributed by atoms with E-state index in [0.29, 0.717) is 0 Å². The smallest absolute Gasteiger partial charge is 0 e. The molecule has 2 N–H and O–H groups in total. The van der Waals surface area contributed by atoms with Crippen molar-refractivity contribution in [3.05, 3.63) is 0 Å². The van der Waals surface area contributed by atoms with E-state index in [0.717, 1.165) is 0 Å². The molecule has 0 aromatic carbocycles. The molecule has 7 heteroatoms. The molecule has 0 bridgehead atoms. The normalized spacial score (nSPS) is 0. The van der Waals surface area contributed by atoms with Crippen LogP contribution in [0.5, 0.6) is 0 Å². The van der Waals surface area contributed by atoms with Crippen LogP contribution < -0.4 is 0 Å². The summed E-state index contributed by atoms with van der Waals surface area (Å²) < 4.78 is 0. The third-order valence-corrected chi connectivity index (χ3v) is 0. The number of hydrogen-bond donors (Lipinski definition) is 0. The average molecular weight is 464 g/mol. The molecular formula is H5CoFeMnNiOPW. The van der Waals surface area contributed by atoms with Gasteiger partial charge in [0, 0.05) is 88.5 Å². The molecule has 0 aromatic heterocycles. The Bertz CT molecular complexity index is 19.7. The fourth-order valence-corrected chi connectivity index (χ4v) is 0. The van der Waals surface area contributed by atoms with Gasteiger partial charge in [0.15, 0.2) is 0 Å². The van der Waals surface area contributed by atoms with Crippen LogP contribution in [0.4, 0.5) is 0 Å². The van der Waals surface area contributed by atoms with Crippen molar-refractivity contribution in [2.24, 2.45) is 0 Å².